The first-order valence-corrected chi connectivity index (χ1v) is 14.0. The van der Waals surface area contributed by atoms with Gasteiger partial charge in [-0.25, -0.2) is 9.59 Å². The Kier molecular flexibility index (Phi) is 8.10. The summed E-state index contributed by atoms with van der Waals surface area (Å²) in [5.41, 5.74) is 1.15. The number of carboxylic acids is 2. The molecule has 0 saturated carbocycles. The topological polar surface area (TPSA) is 133 Å². The van der Waals surface area contributed by atoms with Gasteiger partial charge >= 0.3 is 11.9 Å². The Morgan fingerprint density at radius 2 is 1.00 bits per heavy atom. The number of anilines is 2. The van der Waals surface area contributed by atoms with Crippen LogP contribution in [0.3, 0.4) is 0 Å². The minimum absolute atomic E-state index is 0.0412. The Hall–Kier alpha value is -3.58. The summed E-state index contributed by atoms with van der Waals surface area (Å²) in [7, 11) is 2.54. The second kappa shape index (κ2) is 11.4. The highest BCUT2D eigenvalue weighted by molar-refractivity contribution is 8.76. The van der Waals surface area contributed by atoms with Crippen molar-refractivity contribution in [2.45, 2.75) is 9.79 Å². The van der Waals surface area contributed by atoms with Crippen LogP contribution < -0.4 is 10.6 Å². The molecular weight excluding hydrogens is 541 g/mol. The van der Waals surface area contributed by atoms with Crippen LogP contribution in [-0.4, -0.2) is 34.0 Å². The van der Waals surface area contributed by atoms with Crippen LogP contribution in [0.2, 0.25) is 0 Å². The fourth-order valence-electron chi connectivity index (χ4n) is 3.07. The van der Waals surface area contributed by atoms with E-state index >= 15 is 0 Å². The Morgan fingerprint density at radius 1 is 0.611 bits per heavy atom. The summed E-state index contributed by atoms with van der Waals surface area (Å²) in [6, 6.07) is 16.8. The first kappa shape index (κ1) is 25.5. The highest BCUT2D eigenvalue weighted by Gasteiger charge is 2.20. The number of benzene rings is 2. The normalized spacial score (nSPS) is 10.6. The summed E-state index contributed by atoms with van der Waals surface area (Å²) in [4.78, 5) is 49.9. The van der Waals surface area contributed by atoms with Gasteiger partial charge in [-0.15, -0.1) is 22.7 Å². The van der Waals surface area contributed by atoms with Gasteiger partial charge in [0.2, 0.25) is 0 Å². The van der Waals surface area contributed by atoms with E-state index in [9.17, 15) is 29.4 Å². The fraction of sp³-hybridized carbons (Fsp3) is 0. The monoisotopic (exact) mass is 556 g/mol. The number of carboxylic acid groups (broad SMARTS) is 2. The van der Waals surface area contributed by atoms with Crippen LogP contribution in [0.1, 0.15) is 40.1 Å². The van der Waals surface area contributed by atoms with Gasteiger partial charge in [-0.1, -0.05) is 45.9 Å². The molecule has 0 aliphatic heterocycles. The lowest BCUT2D eigenvalue weighted by Gasteiger charge is -2.11. The molecule has 8 nitrogen and oxygen atoms in total. The van der Waals surface area contributed by atoms with E-state index in [1.165, 1.54) is 33.7 Å². The van der Waals surface area contributed by atoms with Crippen LogP contribution in [-0.2, 0) is 0 Å². The van der Waals surface area contributed by atoms with Gasteiger partial charge in [-0.3, -0.25) is 9.59 Å². The molecule has 2 heterocycles. The lowest BCUT2D eigenvalue weighted by atomic mass is 10.2. The fourth-order valence-corrected chi connectivity index (χ4v) is 6.80. The molecular formula is C24H16N2O6S4. The molecule has 0 spiro atoms. The summed E-state index contributed by atoms with van der Waals surface area (Å²) < 4.78 is 0. The summed E-state index contributed by atoms with van der Waals surface area (Å²) in [5, 5.41) is 27.1. The number of amides is 2. The molecule has 0 bridgehead atoms. The standard InChI is InChI=1S/C24H16N2O6S4/c27-21(25-15-9-11-33-19(15)23(29)30)13-5-1-3-7-17(13)35-36-18-8-4-2-6-14(18)22(28)26-16-10-12-34-20(16)24(31)32/h1-12H,(H,25,27)(H,26,28)(H,29,30)(H,31,32). The largest absolute Gasteiger partial charge is 0.477 e. The molecule has 0 aliphatic carbocycles. The van der Waals surface area contributed by atoms with E-state index in [1.54, 1.807) is 59.3 Å². The lowest BCUT2D eigenvalue weighted by Crippen LogP contribution is -2.14. The van der Waals surface area contributed by atoms with E-state index in [0.717, 1.165) is 22.7 Å². The maximum Gasteiger partial charge on any atom is 0.348 e. The summed E-state index contributed by atoms with van der Waals surface area (Å²) in [5.74, 6) is -3.15. The predicted octanol–water partition coefficient (Wildman–Crippen LogP) is 6.51. The second-order valence-electron chi connectivity index (χ2n) is 7.00. The van der Waals surface area contributed by atoms with Gasteiger partial charge in [-0.2, -0.15) is 0 Å². The molecule has 182 valence electrons. The van der Waals surface area contributed by atoms with Crippen LogP contribution in [0.5, 0.6) is 0 Å². The van der Waals surface area contributed by atoms with Gasteiger partial charge < -0.3 is 20.8 Å². The van der Waals surface area contributed by atoms with E-state index in [-0.39, 0.29) is 21.1 Å². The van der Waals surface area contributed by atoms with Crippen LogP contribution in [0.4, 0.5) is 11.4 Å². The molecule has 36 heavy (non-hydrogen) atoms. The van der Waals surface area contributed by atoms with E-state index in [2.05, 4.69) is 10.6 Å². The smallest absolute Gasteiger partial charge is 0.348 e. The number of hydrogen-bond donors (Lipinski definition) is 4. The first-order valence-electron chi connectivity index (χ1n) is 10.1. The quantitative estimate of drug-likeness (QED) is 0.172. The summed E-state index contributed by atoms with van der Waals surface area (Å²) in [6.45, 7) is 0. The van der Waals surface area contributed by atoms with Crippen molar-refractivity contribution in [1.82, 2.24) is 0 Å². The maximum absolute atomic E-state index is 12.9. The van der Waals surface area contributed by atoms with E-state index in [1.807, 2.05) is 0 Å². The molecule has 0 fully saturated rings. The SMILES string of the molecule is O=C(Nc1ccsc1C(=O)O)c1ccccc1SSc1ccccc1C(=O)Nc1ccsc1C(=O)O. The van der Waals surface area contributed by atoms with Gasteiger partial charge in [0.05, 0.1) is 22.5 Å². The van der Waals surface area contributed by atoms with E-state index in [4.69, 9.17) is 0 Å². The number of carbonyl (C=O) groups excluding carboxylic acids is 2. The molecule has 0 unspecified atom stereocenters. The lowest BCUT2D eigenvalue weighted by molar-refractivity contribution is 0.0692. The molecule has 2 aromatic carbocycles. The third-order valence-corrected chi connectivity index (χ3v) is 8.99. The van der Waals surface area contributed by atoms with Crippen molar-refractivity contribution in [1.29, 1.82) is 0 Å². The number of carbonyl (C=O) groups is 4. The van der Waals surface area contributed by atoms with Crippen LogP contribution >= 0.6 is 44.3 Å². The highest BCUT2D eigenvalue weighted by Crippen LogP contribution is 2.41. The molecule has 4 rings (SSSR count). The predicted molar refractivity (Wildman–Crippen MR) is 143 cm³/mol. The Labute approximate surface area is 220 Å². The number of thiophene rings is 2. The third kappa shape index (κ3) is 5.79. The van der Waals surface area contributed by atoms with Crippen molar-refractivity contribution in [3.63, 3.8) is 0 Å². The second-order valence-corrected chi connectivity index (χ2v) is 11.0. The van der Waals surface area contributed by atoms with Gasteiger partial charge in [0, 0.05) is 9.79 Å². The summed E-state index contributed by atoms with van der Waals surface area (Å²) >= 11 is 2.04. The number of hydrogen-bond acceptors (Lipinski definition) is 8. The number of aromatic carboxylic acids is 2. The van der Waals surface area contributed by atoms with Gasteiger partial charge in [0.15, 0.2) is 0 Å². The molecule has 0 radical (unpaired) electrons. The van der Waals surface area contributed by atoms with Gasteiger partial charge in [0.1, 0.15) is 9.75 Å². The molecule has 0 saturated heterocycles. The first-order chi connectivity index (χ1) is 17.3. The molecule has 12 heteroatoms. The van der Waals surface area contributed by atoms with Crippen molar-refractivity contribution in [3.05, 3.63) is 92.3 Å². The van der Waals surface area contributed by atoms with Crippen molar-refractivity contribution in [2.75, 3.05) is 10.6 Å². The zero-order valence-corrected chi connectivity index (χ0v) is 21.4. The van der Waals surface area contributed by atoms with Crippen molar-refractivity contribution in [2.24, 2.45) is 0 Å². The Balaban J connectivity index is 1.51. The molecule has 2 aromatic heterocycles. The number of rotatable bonds is 9. The van der Waals surface area contributed by atoms with Crippen LogP contribution in [0.25, 0.3) is 0 Å². The van der Waals surface area contributed by atoms with Gasteiger partial charge in [0.25, 0.3) is 11.8 Å². The average Bonchev–Trinajstić information content (AvgIpc) is 3.52. The number of nitrogens with one attached hydrogen (secondary N) is 2. The zero-order valence-electron chi connectivity index (χ0n) is 18.1. The molecule has 4 aromatic rings. The molecule has 2 amide bonds. The third-order valence-electron chi connectivity index (χ3n) is 4.70. The average molecular weight is 557 g/mol. The Morgan fingerprint density at radius 3 is 1.39 bits per heavy atom. The van der Waals surface area contributed by atoms with Crippen LogP contribution in [0, 0.1) is 0 Å². The molecule has 4 N–H and O–H groups in total. The maximum atomic E-state index is 12.9. The molecule has 0 aliphatic rings. The molecule has 0 atom stereocenters. The minimum atomic E-state index is -1.12. The van der Waals surface area contributed by atoms with E-state index in [0.29, 0.717) is 20.9 Å². The van der Waals surface area contributed by atoms with Gasteiger partial charge in [-0.05, 0) is 47.2 Å². The Bertz CT molecular complexity index is 1350. The van der Waals surface area contributed by atoms with Crippen molar-refractivity contribution < 1.29 is 29.4 Å². The van der Waals surface area contributed by atoms with E-state index < -0.39 is 23.8 Å². The summed E-state index contributed by atoms with van der Waals surface area (Å²) in [6.07, 6.45) is 0. The minimum Gasteiger partial charge on any atom is -0.477 e. The van der Waals surface area contributed by atoms with Crippen LogP contribution in [0.15, 0.2) is 81.2 Å². The zero-order chi connectivity index (χ0) is 25.7. The van der Waals surface area contributed by atoms with Crippen molar-refractivity contribution in [3.8, 4) is 0 Å². The van der Waals surface area contributed by atoms with Crippen molar-refractivity contribution >= 4 is 79.4 Å². The highest BCUT2D eigenvalue weighted by atomic mass is 33.1.